The van der Waals surface area contributed by atoms with Crippen molar-refractivity contribution in [3.63, 3.8) is 0 Å². The summed E-state index contributed by atoms with van der Waals surface area (Å²) >= 11 is 5.71. The molecule has 1 aromatic heterocycles. The summed E-state index contributed by atoms with van der Waals surface area (Å²) in [4.78, 5) is 29.6. The van der Waals surface area contributed by atoms with Gasteiger partial charge in [0.25, 0.3) is 5.56 Å². The Balaban J connectivity index is 1.95. The van der Waals surface area contributed by atoms with Crippen LogP contribution < -0.4 is 10.9 Å². The maximum atomic E-state index is 13.9. The normalized spacial score (nSPS) is 10.8. The van der Waals surface area contributed by atoms with Crippen LogP contribution in [0.1, 0.15) is 19.0 Å². The summed E-state index contributed by atoms with van der Waals surface area (Å²) in [5, 5.41) is 2.62. The fraction of sp³-hybridized carbons (Fsp3) is 0.190. The van der Waals surface area contributed by atoms with Crippen molar-refractivity contribution >= 4 is 23.2 Å². The van der Waals surface area contributed by atoms with Crippen molar-refractivity contribution in [1.82, 2.24) is 9.55 Å². The van der Waals surface area contributed by atoms with Gasteiger partial charge in [0.05, 0.1) is 5.69 Å². The average Bonchev–Trinajstić information content (AvgIpc) is 2.67. The number of carbonyl (C=O) groups excluding carboxylic acids is 1. The lowest BCUT2D eigenvalue weighted by atomic mass is 10.1. The monoisotopic (exact) mass is 417 g/mol. The lowest BCUT2D eigenvalue weighted by molar-refractivity contribution is -0.116. The number of hydrogen-bond donors (Lipinski definition) is 1. The number of hydrogen-bond acceptors (Lipinski definition) is 3. The first-order valence-corrected chi connectivity index (χ1v) is 9.36. The zero-order valence-electron chi connectivity index (χ0n) is 15.6. The Morgan fingerprint density at radius 2 is 1.86 bits per heavy atom. The molecule has 0 aliphatic rings. The quantitative estimate of drug-likeness (QED) is 0.645. The fourth-order valence-corrected chi connectivity index (χ4v) is 2.99. The maximum absolute atomic E-state index is 13.9. The minimum absolute atomic E-state index is 0.0497. The summed E-state index contributed by atoms with van der Waals surface area (Å²) in [5.41, 5.74) is 0.602. The Morgan fingerprint density at radius 1 is 1.14 bits per heavy atom. The van der Waals surface area contributed by atoms with Crippen LogP contribution in [0, 0.1) is 11.6 Å². The molecule has 29 heavy (non-hydrogen) atoms. The van der Waals surface area contributed by atoms with Crippen LogP contribution in [0.25, 0.3) is 11.4 Å². The number of carbonyl (C=O) groups is 1. The Bertz CT molecular complexity index is 1100. The lowest BCUT2D eigenvalue weighted by Crippen LogP contribution is -2.30. The molecule has 0 bridgehead atoms. The van der Waals surface area contributed by atoms with E-state index >= 15 is 0 Å². The molecule has 1 amide bonds. The van der Waals surface area contributed by atoms with Crippen LogP contribution in [0.5, 0.6) is 0 Å². The number of nitrogens with one attached hydrogen (secondary N) is 1. The van der Waals surface area contributed by atoms with Crippen LogP contribution in [0.4, 0.5) is 14.5 Å². The van der Waals surface area contributed by atoms with Gasteiger partial charge in [-0.2, -0.15) is 0 Å². The van der Waals surface area contributed by atoms with Crippen molar-refractivity contribution in [2.45, 2.75) is 26.3 Å². The molecule has 0 spiro atoms. The second kappa shape index (κ2) is 8.96. The summed E-state index contributed by atoms with van der Waals surface area (Å²) in [5.74, 6) is -1.48. The third kappa shape index (κ3) is 5.06. The smallest absolute Gasteiger partial charge is 0.254 e. The zero-order chi connectivity index (χ0) is 21.0. The van der Waals surface area contributed by atoms with Crippen LogP contribution in [-0.2, 0) is 17.8 Å². The Labute approximate surface area is 171 Å². The maximum Gasteiger partial charge on any atom is 0.254 e. The van der Waals surface area contributed by atoms with Gasteiger partial charge in [0.1, 0.15) is 24.0 Å². The van der Waals surface area contributed by atoms with Crippen molar-refractivity contribution in [3.8, 4) is 11.4 Å². The van der Waals surface area contributed by atoms with Crippen LogP contribution >= 0.6 is 11.6 Å². The van der Waals surface area contributed by atoms with Gasteiger partial charge < -0.3 is 5.32 Å². The lowest BCUT2D eigenvalue weighted by Gasteiger charge is -2.14. The van der Waals surface area contributed by atoms with Gasteiger partial charge in [-0.3, -0.25) is 14.2 Å². The highest BCUT2D eigenvalue weighted by Crippen LogP contribution is 2.20. The van der Waals surface area contributed by atoms with Gasteiger partial charge in [-0.1, -0.05) is 24.9 Å². The molecule has 8 heteroatoms. The molecule has 150 valence electrons. The van der Waals surface area contributed by atoms with Crippen molar-refractivity contribution in [1.29, 1.82) is 0 Å². The first-order chi connectivity index (χ1) is 13.9. The fourth-order valence-electron chi connectivity index (χ4n) is 2.83. The molecule has 0 saturated carbocycles. The SMILES string of the molecule is CCCc1cc(=O)n(CC(=O)Nc2ccc(Cl)cc2F)c(-c2ccc(F)cc2)n1. The highest BCUT2D eigenvalue weighted by Gasteiger charge is 2.15. The minimum Gasteiger partial charge on any atom is -0.322 e. The Kier molecular flexibility index (Phi) is 6.39. The second-order valence-electron chi connectivity index (χ2n) is 6.42. The van der Waals surface area contributed by atoms with Gasteiger partial charge in [-0.05, 0) is 48.9 Å². The molecule has 0 saturated heterocycles. The van der Waals surface area contributed by atoms with Gasteiger partial charge in [0.2, 0.25) is 5.91 Å². The molecule has 1 N–H and O–H groups in total. The molecule has 0 unspecified atom stereocenters. The molecule has 1 heterocycles. The first-order valence-electron chi connectivity index (χ1n) is 8.99. The molecule has 2 aromatic carbocycles. The minimum atomic E-state index is -0.687. The van der Waals surface area contributed by atoms with Gasteiger partial charge in [0.15, 0.2) is 0 Å². The number of benzene rings is 2. The summed E-state index contributed by atoms with van der Waals surface area (Å²) in [6.45, 7) is 1.58. The van der Waals surface area contributed by atoms with Crippen molar-refractivity contribution < 1.29 is 13.6 Å². The molecular weight excluding hydrogens is 400 g/mol. The predicted octanol–water partition coefficient (Wildman–Crippen LogP) is 4.43. The van der Waals surface area contributed by atoms with E-state index in [0.717, 1.165) is 12.5 Å². The van der Waals surface area contributed by atoms with Crippen LogP contribution in [0.3, 0.4) is 0 Å². The van der Waals surface area contributed by atoms with E-state index < -0.39 is 23.1 Å². The number of anilines is 1. The van der Waals surface area contributed by atoms with Crippen molar-refractivity contribution in [3.05, 3.63) is 81.2 Å². The third-order valence-electron chi connectivity index (χ3n) is 4.18. The van der Waals surface area contributed by atoms with Crippen LogP contribution in [0.15, 0.2) is 53.3 Å². The van der Waals surface area contributed by atoms with Crippen molar-refractivity contribution in [2.24, 2.45) is 0 Å². The molecule has 0 radical (unpaired) electrons. The molecule has 3 rings (SSSR count). The first kappa shape index (κ1) is 20.7. The summed E-state index contributed by atoms with van der Waals surface area (Å²) < 4.78 is 28.4. The van der Waals surface area contributed by atoms with E-state index in [4.69, 9.17) is 11.6 Å². The average molecular weight is 418 g/mol. The van der Waals surface area contributed by atoms with Gasteiger partial charge in [-0.25, -0.2) is 13.8 Å². The van der Waals surface area contributed by atoms with Gasteiger partial charge in [-0.15, -0.1) is 0 Å². The standard InChI is InChI=1S/C21H18ClF2N3O2/c1-2-3-16-11-20(29)27(21(25-16)13-4-7-15(23)8-5-13)12-19(28)26-18-9-6-14(22)10-17(18)24/h4-11H,2-3,12H2,1H3,(H,26,28). The molecule has 0 aliphatic heterocycles. The Hall–Kier alpha value is -3.06. The summed E-state index contributed by atoms with van der Waals surface area (Å²) in [7, 11) is 0. The van der Waals surface area contributed by atoms with E-state index in [-0.39, 0.29) is 23.1 Å². The summed E-state index contributed by atoms with van der Waals surface area (Å²) in [6, 6.07) is 10.7. The third-order valence-corrected chi connectivity index (χ3v) is 4.41. The molecule has 0 aliphatic carbocycles. The van der Waals surface area contributed by atoms with Crippen LogP contribution in [0.2, 0.25) is 5.02 Å². The van der Waals surface area contributed by atoms with E-state index in [1.807, 2.05) is 6.92 Å². The zero-order valence-corrected chi connectivity index (χ0v) is 16.3. The molecular formula is C21H18ClF2N3O2. The molecule has 0 fully saturated rings. The van der Waals surface area contributed by atoms with Crippen LogP contribution in [-0.4, -0.2) is 15.5 Å². The molecule has 0 atom stereocenters. The number of nitrogens with zero attached hydrogens (tertiary/aromatic N) is 2. The molecule has 5 nitrogen and oxygen atoms in total. The highest BCUT2D eigenvalue weighted by molar-refractivity contribution is 6.30. The predicted molar refractivity (Wildman–Crippen MR) is 108 cm³/mol. The second-order valence-corrected chi connectivity index (χ2v) is 6.86. The van der Waals surface area contributed by atoms with E-state index in [2.05, 4.69) is 10.3 Å². The van der Waals surface area contributed by atoms with E-state index in [1.165, 1.54) is 47.0 Å². The van der Waals surface area contributed by atoms with E-state index in [0.29, 0.717) is 17.7 Å². The number of aromatic nitrogens is 2. The van der Waals surface area contributed by atoms with E-state index in [9.17, 15) is 18.4 Å². The number of halogens is 3. The summed E-state index contributed by atoms with van der Waals surface area (Å²) in [6.07, 6.45) is 1.38. The highest BCUT2D eigenvalue weighted by atomic mass is 35.5. The van der Waals surface area contributed by atoms with Gasteiger partial charge >= 0.3 is 0 Å². The number of rotatable bonds is 6. The van der Waals surface area contributed by atoms with Crippen molar-refractivity contribution in [2.75, 3.05) is 5.32 Å². The largest absolute Gasteiger partial charge is 0.322 e. The number of amides is 1. The van der Waals surface area contributed by atoms with Gasteiger partial charge in [0, 0.05) is 22.3 Å². The topological polar surface area (TPSA) is 64.0 Å². The molecule has 3 aromatic rings. The number of aryl methyl sites for hydroxylation is 1. The van der Waals surface area contributed by atoms with E-state index in [1.54, 1.807) is 0 Å². The Morgan fingerprint density at radius 3 is 2.52 bits per heavy atom.